The number of amides is 1. The second-order valence-corrected chi connectivity index (χ2v) is 9.49. The van der Waals surface area contributed by atoms with E-state index < -0.39 is 25.1 Å². The van der Waals surface area contributed by atoms with E-state index in [1.807, 2.05) is 0 Å². The minimum Gasteiger partial charge on any atom is -0.493 e. The molecule has 2 aromatic heterocycles. The van der Waals surface area contributed by atoms with E-state index in [4.69, 9.17) is 36.6 Å². The first-order valence-electron chi connectivity index (χ1n) is 11.4. The van der Waals surface area contributed by atoms with Gasteiger partial charge in [0, 0.05) is 35.9 Å². The Balaban J connectivity index is 1.61. The molecule has 0 saturated carbocycles. The van der Waals surface area contributed by atoms with Gasteiger partial charge in [-0.15, -0.1) is 0 Å². The molecular weight excluding hydrogens is 570 g/mol. The Kier molecular flexibility index (Phi) is 8.40. The number of hydrogen-bond acceptors (Lipinski definition) is 8. The maximum atomic E-state index is 14.8. The summed E-state index contributed by atoms with van der Waals surface area (Å²) in [5.41, 5.74) is 4.79. The lowest BCUT2D eigenvalue weighted by Gasteiger charge is -2.14. The summed E-state index contributed by atoms with van der Waals surface area (Å²) >= 11 is 6.04. The number of nitrogen functional groups attached to an aromatic ring is 1. The zero-order chi connectivity index (χ0) is 29.0. The average molecular weight is 591 g/mol. The molecule has 0 saturated heterocycles. The molecule has 1 amide bonds. The van der Waals surface area contributed by atoms with E-state index in [0.717, 1.165) is 10.6 Å². The number of hydrogen-bond donors (Lipinski definition) is 4. The lowest BCUT2D eigenvalue weighted by Crippen LogP contribution is -2.29. The predicted molar refractivity (Wildman–Crippen MR) is 144 cm³/mol. The van der Waals surface area contributed by atoms with Gasteiger partial charge in [-0.1, -0.05) is 11.6 Å². The summed E-state index contributed by atoms with van der Waals surface area (Å²) in [6, 6.07) is 11.6. The van der Waals surface area contributed by atoms with E-state index in [2.05, 4.69) is 14.8 Å². The molecule has 208 valence electrons. The number of pyridine rings is 2. The summed E-state index contributed by atoms with van der Waals surface area (Å²) in [4.78, 5) is 48.2. The minimum atomic E-state index is -4.77. The molecule has 0 unspecified atom stereocenters. The average Bonchev–Trinajstić information content (AvgIpc) is 2.88. The number of anilines is 2. The second-order valence-electron chi connectivity index (χ2n) is 7.95. The number of nitrogens with two attached hydrogens (primary N) is 1. The number of nitrogens with one attached hydrogen (secondary N) is 1. The van der Waals surface area contributed by atoms with Crippen LogP contribution in [0.2, 0.25) is 5.02 Å². The zero-order valence-electron chi connectivity index (χ0n) is 20.6. The Labute approximate surface area is 231 Å². The van der Waals surface area contributed by atoms with Crippen LogP contribution in [0.25, 0.3) is 5.69 Å². The smallest absolute Gasteiger partial charge is 0.493 e. The van der Waals surface area contributed by atoms with Crippen molar-refractivity contribution in [3.63, 3.8) is 0 Å². The van der Waals surface area contributed by atoms with Crippen molar-refractivity contribution < 1.29 is 37.5 Å². The summed E-state index contributed by atoms with van der Waals surface area (Å²) in [7, 11) is -4.77. The van der Waals surface area contributed by atoms with Crippen molar-refractivity contribution in [1.82, 2.24) is 9.55 Å². The predicted octanol–water partition coefficient (Wildman–Crippen LogP) is 4.52. The van der Waals surface area contributed by atoms with Crippen LogP contribution in [0.3, 0.4) is 0 Å². The normalized spacial score (nSPS) is 11.1. The van der Waals surface area contributed by atoms with Gasteiger partial charge in [0.25, 0.3) is 11.5 Å². The molecule has 0 fully saturated rings. The Morgan fingerprint density at radius 3 is 2.50 bits per heavy atom. The third-order valence-corrected chi connectivity index (χ3v) is 6.04. The fraction of sp³-hybridized carbons (Fsp3) is 0.0800. The van der Waals surface area contributed by atoms with Gasteiger partial charge in [0.15, 0.2) is 17.3 Å². The van der Waals surface area contributed by atoms with Crippen molar-refractivity contribution in [1.29, 1.82) is 0 Å². The zero-order valence-corrected chi connectivity index (χ0v) is 22.2. The van der Waals surface area contributed by atoms with E-state index in [9.17, 15) is 18.5 Å². The summed E-state index contributed by atoms with van der Waals surface area (Å²) in [5, 5.41) is 2.48. The maximum absolute atomic E-state index is 14.8. The van der Waals surface area contributed by atoms with Crippen molar-refractivity contribution >= 4 is 36.8 Å². The van der Waals surface area contributed by atoms with E-state index in [-0.39, 0.29) is 57.4 Å². The SMILES string of the molecule is CCOc1ccn(-c2ccc(OP(=O)(O)O)cc2)c(=O)c1C(=O)Nc1ccc(Oc2ccnc(N)c2Cl)c(F)c1. The second kappa shape index (κ2) is 11.8. The topological polar surface area (TPSA) is 175 Å². The van der Waals surface area contributed by atoms with Crippen LogP contribution in [-0.4, -0.2) is 31.9 Å². The third kappa shape index (κ3) is 6.58. The highest BCUT2D eigenvalue weighted by atomic mass is 35.5. The van der Waals surface area contributed by atoms with Crippen molar-refractivity contribution in [3.8, 4) is 28.7 Å². The van der Waals surface area contributed by atoms with Crippen LogP contribution in [0.1, 0.15) is 17.3 Å². The summed E-state index contributed by atoms with van der Waals surface area (Å²) < 4.78 is 42.4. The molecule has 0 atom stereocenters. The summed E-state index contributed by atoms with van der Waals surface area (Å²) in [5.74, 6) is -1.95. The molecule has 2 heterocycles. The molecule has 0 spiro atoms. The number of nitrogens with zero attached hydrogens (tertiary/aromatic N) is 2. The van der Waals surface area contributed by atoms with Gasteiger partial charge in [0.05, 0.1) is 6.61 Å². The molecule has 15 heteroatoms. The molecule has 4 rings (SSSR count). The Bertz CT molecular complexity index is 1680. The first kappa shape index (κ1) is 28.6. The summed E-state index contributed by atoms with van der Waals surface area (Å²) in [6.45, 7) is 1.82. The lowest BCUT2D eigenvalue weighted by atomic mass is 10.2. The van der Waals surface area contributed by atoms with Gasteiger partial charge in [-0.3, -0.25) is 23.9 Å². The Morgan fingerprint density at radius 1 is 1.12 bits per heavy atom. The standard InChI is InChI=1S/C25H21ClFN4O8P/c1-2-37-19-10-12-31(15-4-6-16(7-5-15)39-40(34,35)36)25(33)21(19)24(32)30-14-3-8-18(17(27)13-14)38-20-9-11-29-23(28)22(20)26/h3-13H,2H2,1H3,(H2,28,29)(H,30,32)(H2,34,35,36). The van der Waals surface area contributed by atoms with Crippen LogP contribution < -0.4 is 30.6 Å². The van der Waals surface area contributed by atoms with E-state index in [1.54, 1.807) is 6.92 Å². The number of benzene rings is 2. The summed E-state index contributed by atoms with van der Waals surface area (Å²) in [6.07, 6.45) is 2.71. The molecule has 2 aromatic carbocycles. The van der Waals surface area contributed by atoms with E-state index in [1.165, 1.54) is 60.9 Å². The molecule has 0 aliphatic heterocycles. The molecule has 0 aliphatic carbocycles. The number of aromatic nitrogens is 2. The highest BCUT2D eigenvalue weighted by Crippen LogP contribution is 2.37. The van der Waals surface area contributed by atoms with Gasteiger partial charge in [-0.05, 0) is 49.4 Å². The lowest BCUT2D eigenvalue weighted by molar-refractivity contribution is 0.102. The number of phosphoric acid groups is 1. The number of carbonyl (C=O) groups excluding carboxylic acids is 1. The Morgan fingerprint density at radius 2 is 1.85 bits per heavy atom. The van der Waals surface area contributed by atoms with Gasteiger partial charge >= 0.3 is 7.82 Å². The highest BCUT2D eigenvalue weighted by Gasteiger charge is 2.22. The molecule has 0 bridgehead atoms. The molecule has 4 aromatic rings. The maximum Gasteiger partial charge on any atom is 0.524 e. The van der Waals surface area contributed by atoms with Crippen molar-refractivity contribution in [3.05, 3.63) is 93.7 Å². The number of ether oxygens (including phenoxy) is 2. The van der Waals surface area contributed by atoms with Crippen molar-refractivity contribution in [2.45, 2.75) is 6.92 Å². The number of carbonyl (C=O) groups is 1. The first-order valence-corrected chi connectivity index (χ1v) is 13.3. The fourth-order valence-corrected chi connectivity index (χ4v) is 4.05. The van der Waals surface area contributed by atoms with Crippen LogP contribution >= 0.6 is 19.4 Å². The number of halogens is 2. The van der Waals surface area contributed by atoms with Gasteiger partial charge in [0.1, 0.15) is 27.9 Å². The third-order valence-electron chi connectivity index (χ3n) is 5.21. The molecule has 0 aliphatic rings. The Hall–Kier alpha value is -4.42. The highest BCUT2D eigenvalue weighted by molar-refractivity contribution is 7.46. The van der Waals surface area contributed by atoms with Gasteiger partial charge in [-0.25, -0.2) is 13.9 Å². The van der Waals surface area contributed by atoms with E-state index >= 15 is 0 Å². The number of phosphoric ester groups is 1. The monoisotopic (exact) mass is 590 g/mol. The van der Waals surface area contributed by atoms with E-state index in [0.29, 0.717) is 0 Å². The molecule has 40 heavy (non-hydrogen) atoms. The molecule has 12 nitrogen and oxygen atoms in total. The number of rotatable bonds is 9. The molecular formula is C25H21ClFN4O8P. The van der Waals surface area contributed by atoms with Crippen molar-refractivity contribution in [2.24, 2.45) is 0 Å². The molecule has 0 radical (unpaired) electrons. The van der Waals surface area contributed by atoms with Crippen LogP contribution in [0.5, 0.6) is 23.0 Å². The largest absolute Gasteiger partial charge is 0.524 e. The first-order chi connectivity index (χ1) is 19.0. The minimum absolute atomic E-state index is 0.00644. The van der Waals surface area contributed by atoms with Crippen LogP contribution in [0, 0.1) is 5.82 Å². The van der Waals surface area contributed by atoms with Gasteiger partial charge in [-0.2, -0.15) is 0 Å². The van der Waals surface area contributed by atoms with Crippen molar-refractivity contribution in [2.75, 3.05) is 17.7 Å². The van der Waals surface area contributed by atoms with Crippen LogP contribution in [0.15, 0.2) is 71.8 Å². The quantitative estimate of drug-likeness (QED) is 0.203. The van der Waals surface area contributed by atoms with Gasteiger partial charge < -0.3 is 25.0 Å². The fourth-order valence-electron chi connectivity index (χ4n) is 3.51. The van der Waals surface area contributed by atoms with Crippen LogP contribution in [0.4, 0.5) is 15.9 Å². The van der Waals surface area contributed by atoms with Gasteiger partial charge in [0.2, 0.25) is 0 Å². The van der Waals surface area contributed by atoms with Crippen LogP contribution in [-0.2, 0) is 4.57 Å². The molecule has 5 N–H and O–H groups in total.